The fourth-order valence-corrected chi connectivity index (χ4v) is 1.16. The topological polar surface area (TPSA) is 63.2 Å². The molecule has 1 unspecified atom stereocenters. The van der Waals surface area contributed by atoms with E-state index in [1.54, 1.807) is 0 Å². The zero-order chi connectivity index (χ0) is 8.20. The Morgan fingerprint density at radius 2 is 2.00 bits per heavy atom. The summed E-state index contributed by atoms with van der Waals surface area (Å²) in [5.41, 5.74) is -0.688. The highest BCUT2D eigenvalue weighted by atomic mass is 31.2. The molecule has 0 rings (SSSR count). The van der Waals surface area contributed by atoms with Crippen molar-refractivity contribution in [3.63, 3.8) is 0 Å². The van der Waals surface area contributed by atoms with Gasteiger partial charge >= 0.3 is 0 Å². The normalized spacial score (nSPS) is 15.2. The fourth-order valence-electron chi connectivity index (χ4n) is 0.658. The van der Waals surface area contributed by atoms with Crippen LogP contribution in [0.15, 0.2) is 0 Å². The summed E-state index contributed by atoms with van der Waals surface area (Å²) in [6.07, 6.45) is 2.25. The minimum Gasteiger partial charge on any atom is -0.811 e. The van der Waals surface area contributed by atoms with E-state index in [4.69, 9.17) is 0 Å². The highest BCUT2D eigenvalue weighted by molar-refractivity contribution is 7.49. The van der Waals surface area contributed by atoms with Gasteiger partial charge in [-0.15, -0.1) is 0 Å². The van der Waals surface area contributed by atoms with Crippen molar-refractivity contribution in [1.29, 1.82) is 0 Å². The van der Waals surface area contributed by atoms with Crippen molar-refractivity contribution in [3.05, 3.63) is 0 Å². The van der Waals surface area contributed by atoms with E-state index in [-0.39, 0.29) is 0 Å². The van der Waals surface area contributed by atoms with Crippen LogP contribution in [-0.2, 0) is 4.57 Å². The van der Waals surface area contributed by atoms with Crippen LogP contribution >= 0.6 is 7.60 Å². The summed E-state index contributed by atoms with van der Waals surface area (Å²) in [4.78, 5) is 20.6. The first-order valence-electron chi connectivity index (χ1n) is 3.50. The largest absolute Gasteiger partial charge is 0.811 e. The van der Waals surface area contributed by atoms with E-state index in [0.29, 0.717) is 6.42 Å². The smallest absolute Gasteiger partial charge is 0.0162 e. The maximum atomic E-state index is 10.3. The minimum absolute atomic E-state index is 0.501. The minimum atomic E-state index is -4.29. The van der Waals surface area contributed by atoms with Gasteiger partial charge in [0.1, 0.15) is 0 Å². The standard InChI is InChI=1S/C6H15O3P/c1-3-4-5-6(2)10(7,8)9/h6H,3-5H2,1-2H3,(H2,7,8,9)/p-2. The van der Waals surface area contributed by atoms with Crippen molar-refractivity contribution in [2.45, 2.75) is 38.8 Å². The Bertz CT molecular complexity index is 129. The molecule has 0 fully saturated rings. The predicted octanol–water partition coefficient (Wildman–Crippen LogP) is 0.479. The summed E-state index contributed by atoms with van der Waals surface area (Å²) in [5, 5.41) is 0. The van der Waals surface area contributed by atoms with Gasteiger partial charge < -0.3 is 14.4 Å². The quantitative estimate of drug-likeness (QED) is 0.567. The molecule has 10 heavy (non-hydrogen) atoms. The Morgan fingerprint density at radius 3 is 2.30 bits per heavy atom. The third-order valence-corrected chi connectivity index (χ3v) is 2.85. The molecule has 1 atom stereocenters. The number of unbranched alkanes of at least 4 members (excludes halogenated alkanes) is 1. The van der Waals surface area contributed by atoms with Gasteiger partial charge in [-0.2, -0.15) is 0 Å². The molecule has 0 aliphatic carbocycles. The zero-order valence-electron chi connectivity index (χ0n) is 6.37. The summed E-state index contributed by atoms with van der Waals surface area (Å²) in [6.45, 7) is 3.43. The number of hydrogen-bond acceptors (Lipinski definition) is 3. The molecule has 0 spiro atoms. The molecule has 0 N–H and O–H groups in total. The van der Waals surface area contributed by atoms with E-state index in [0.717, 1.165) is 12.8 Å². The molecule has 0 saturated carbocycles. The summed E-state index contributed by atoms with van der Waals surface area (Å²) in [5.74, 6) is 0. The summed E-state index contributed by atoms with van der Waals surface area (Å²) in [6, 6.07) is 0. The van der Waals surface area contributed by atoms with Crippen LogP contribution in [-0.4, -0.2) is 5.66 Å². The van der Waals surface area contributed by atoms with Gasteiger partial charge in [0.2, 0.25) is 0 Å². The van der Waals surface area contributed by atoms with E-state index in [9.17, 15) is 14.4 Å². The van der Waals surface area contributed by atoms with Gasteiger partial charge in [-0.1, -0.05) is 34.3 Å². The molecule has 62 valence electrons. The van der Waals surface area contributed by atoms with Crippen molar-refractivity contribution in [1.82, 2.24) is 0 Å². The molecule has 0 bridgehead atoms. The average Bonchev–Trinajstić information content (AvgIpc) is 1.80. The van der Waals surface area contributed by atoms with Gasteiger partial charge in [-0.25, -0.2) is 0 Å². The molecule has 0 saturated heterocycles. The van der Waals surface area contributed by atoms with E-state index < -0.39 is 13.3 Å². The molecule has 0 amide bonds. The Labute approximate surface area is 61.6 Å². The second kappa shape index (κ2) is 4.12. The van der Waals surface area contributed by atoms with Crippen molar-refractivity contribution in [2.24, 2.45) is 0 Å². The van der Waals surface area contributed by atoms with Gasteiger partial charge in [-0.05, 0) is 12.1 Å². The molecule has 0 aliphatic heterocycles. The Hall–Kier alpha value is 0.150. The first-order valence-corrected chi connectivity index (χ1v) is 5.11. The van der Waals surface area contributed by atoms with Crippen LogP contribution in [0.1, 0.15) is 33.1 Å². The molecule has 0 aromatic rings. The second-order valence-corrected chi connectivity index (χ2v) is 4.49. The van der Waals surface area contributed by atoms with Crippen LogP contribution in [0.4, 0.5) is 0 Å². The Morgan fingerprint density at radius 1 is 1.50 bits per heavy atom. The lowest BCUT2D eigenvalue weighted by Gasteiger charge is -2.36. The lowest BCUT2D eigenvalue weighted by Crippen LogP contribution is -2.23. The lowest BCUT2D eigenvalue weighted by molar-refractivity contribution is -0.316. The summed E-state index contributed by atoms with van der Waals surface area (Å²) < 4.78 is 10.3. The molecular weight excluding hydrogens is 151 g/mol. The third kappa shape index (κ3) is 4.04. The molecule has 4 heteroatoms. The first kappa shape index (κ1) is 10.2. The van der Waals surface area contributed by atoms with Gasteiger partial charge in [0.25, 0.3) is 0 Å². The van der Waals surface area contributed by atoms with E-state index in [1.165, 1.54) is 6.92 Å². The fraction of sp³-hybridized carbons (Fsp3) is 1.00. The number of rotatable bonds is 4. The van der Waals surface area contributed by atoms with Crippen LogP contribution < -0.4 is 9.79 Å². The maximum absolute atomic E-state index is 10.3. The molecule has 3 nitrogen and oxygen atoms in total. The van der Waals surface area contributed by atoms with Crippen molar-refractivity contribution < 1.29 is 14.4 Å². The van der Waals surface area contributed by atoms with Crippen LogP contribution in [0.3, 0.4) is 0 Å². The highest BCUT2D eigenvalue weighted by Crippen LogP contribution is 2.33. The van der Waals surface area contributed by atoms with E-state index >= 15 is 0 Å². The van der Waals surface area contributed by atoms with Gasteiger partial charge in [0.15, 0.2) is 0 Å². The molecule has 0 aromatic carbocycles. The molecule has 0 aliphatic rings. The van der Waals surface area contributed by atoms with Gasteiger partial charge in [0.05, 0.1) is 0 Å². The lowest BCUT2D eigenvalue weighted by atomic mass is 10.2. The second-order valence-electron chi connectivity index (χ2n) is 2.53. The van der Waals surface area contributed by atoms with Crippen molar-refractivity contribution in [3.8, 4) is 0 Å². The van der Waals surface area contributed by atoms with Gasteiger partial charge in [-0.3, -0.25) is 0 Å². The Balaban J connectivity index is 3.63. The van der Waals surface area contributed by atoms with E-state index in [2.05, 4.69) is 0 Å². The zero-order valence-corrected chi connectivity index (χ0v) is 7.27. The third-order valence-electron chi connectivity index (χ3n) is 1.52. The molecule has 0 heterocycles. The SMILES string of the molecule is CCCCC(C)P(=O)([O-])[O-]. The molecule has 0 radical (unpaired) electrons. The Kier molecular flexibility index (Phi) is 4.18. The summed E-state index contributed by atoms with van der Waals surface area (Å²) in [7, 11) is -4.29. The van der Waals surface area contributed by atoms with Crippen LogP contribution in [0, 0.1) is 0 Å². The first-order chi connectivity index (χ1) is 4.48. The summed E-state index contributed by atoms with van der Waals surface area (Å²) >= 11 is 0. The van der Waals surface area contributed by atoms with E-state index in [1.807, 2.05) is 6.92 Å². The van der Waals surface area contributed by atoms with Crippen molar-refractivity contribution in [2.75, 3.05) is 0 Å². The van der Waals surface area contributed by atoms with Crippen molar-refractivity contribution >= 4 is 7.60 Å². The monoisotopic (exact) mass is 164 g/mol. The predicted molar refractivity (Wildman–Crippen MR) is 36.6 cm³/mol. The number of hydrogen-bond donors (Lipinski definition) is 0. The van der Waals surface area contributed by atoms with Crippen LogP contribution in [0.2, 0.25) is 0 Å². The van der Waals surface area contributed by atoms with Crippen LogP contribution in [0.5, 0.6) is 0 Å². The molecular formula is C6H13O3P-2. The average molecular weight is 164 g/mol. The molecule has 0 aromatic heterocycles. The van der Waals surface area contributed by atoms with Crippen LogP contribution in [0.25, 0.3) is 0 Å². The highest BCUT2D eigenvalue weighted by Gasteiger charge is 2.03. The van der Waals surface area contributed by atoms with Gasteiger partial charge in [0, 0.05) is 0 Å². The maximum Gasteiger partial charge on any atom is -0.0162 e.